The van der Waals surface area contributed by atoms with Gasteiger partial charge in [0.1, 0.15) is 0 Å². The Balaban J connectivity index is 2.47. The summed E-state index contributed by atoms with van der Waals surface area (Å²) >= 11 is 0. The minimum absolute atomic E-state index is 0.00694. The normalized spacial score (nSPS) is 53.8. The highest BCUT2D eigenvalue weighted by Crippen LogP contribution is 2.67. The molecule has 0 aromatic heterocycles. The van der Waals surface area contributed by atoms with Crippen molar-refractivity contribution in [3.63, 3.8) is 0 Å². The van der Waals surface area contributed by atoms with Crippen LogP contribution in [-0.2, 0) is 4.79 Å². The number of hydrogen-bond acceptors (Lipinski definition) is 1. The predicted molar refractivity (Wildman–Crippen MR) is 35.0 cm³/mol. The Morgan fingerprint density at radius 3 is 2.33 bits per heavy atom. The summed E-state index contributed by atoms with van der Waals surface area (Å²) in [6.45, 7) is 4.20. The fourth-order valence-electron chi connectivity index (χ4n) is 1.75. The van der Waals surface area contributed by atoms with Crippen molar-refractivity contribution in [2.45, 2.75) is 20.3 Å². The molecule has 1 fully saturated rings. The van der Waals surface area contributed by atoms with Gasteiger partial charge in [-0.2, -0.15) is 0 Å². The van der Waals surface area contributed by atoms with Crippen LogP contribution in [0.4, 0.5) is 0 Å². The zero-order chi connectivity index (χ0) is 6.70. The van der Waals surface area contributed by atoms with Gasteiger partial charge < -0.3 is 0 Å². The molecule has 2 unspecified atom stereocenters. The molecule has 2 rings (SSSR count). The first kappa shape index (κ1) is 5.21. The van der Waals surface area contributed by atoms with Gasteiger partial charge in [-0.15, -0.1) is 0 Å². The highest BCUT2D eigenvalue weighted by atomic mass is 16.1. The fraction of sp³-hybridized carbons (Fsp3) is 0.625. The molecule has 9 heavy (non-hydrogen) atoms. The van der Waals surface area contributed by atoms with Crippen LogP contribution in [0, 0.1) is 10.8 Å². The molecule has 48 valence electrons. The maximum atomic E-state index is 11.1. The van der Waals surface area contributed by atoms with Crippen LogP contribution in [-0.4, -0.2) is 5.78 Å². The third-order valence-corrected chi connectivity index (χ3v) is 3.00. The summed E-state index contributed by atoms with van der Waals surface area (Å²) in [5.74, 6) is 0.324. The Bertz CT molecular complexity index is 217. The second-order valence-electron chi connectivity index (χ2n) is 3.62. The third-order valence-electron chi connectivity index (χ3n) is 3.00. The van der Waals surface area contributed by atoms with Gasteiger partial charge in [0.05, 0.1) is 0 Å². The van der Waals surface area contributed by atoms with Gasteiger partial charge in [-0.3, -0.25) is 4.79 Å². The molecule has 0 saturated heterocycles. The third kappa shape index (κ3) is 0.364. The quantitative estimate of drug-likeness (QED) is 0.476. The SMILES string of the molecule is CC12C=CC(=O)C1(C)C2. The van der Waals surface area contributed by atoms with Crippen molar-refractivity contribution >= 4 is 5.78 Å². The summed E-state index contributed by atoms with van der Waals surface area (Å²) in [6.07, 6.45) is 4.84. The molecule has 2 aliphatic carbocycles. The van der Waals surface area contributed by atoms with Gasteiger partial charge in [-0.05, 0) is 17.9 Å². The number of hydrogen-bond donors (Lipinski definition) is 0. The second-order valence-corrected chi connectivity index (χ2v) is 3.62. The van der Waals surface area contributed by atoms with Crippen LogP contribution in [0.15, 0.2) is 12.2 Å². The Labute approximate surface area is 54.8 Å². The molecular formula is C8H10O. The van der Waals surface area contributed by atoms with Gasteiger partial charge in [0.15, 0.2) is 5.78 Å². The molecule has 0 radical (unpaired) electrons. The molecule has 0 bridgehead atoms. The minimum atomic E-state index is 0.00694. The summed E-state index contributed by atoms with van der Waals surface area (Å²) in [7, 11) is 0. The average Bonchev–Trinajstić information content (AvgIpc) is 2.26. The molecule has 0 aromatic carbocycles. The van der Waals surface area contributed by atoms with Crippen LogP contribution in [0.2, 0.25) is 0 Å². The van der Waals surface area contributed by atoms with E-state index < -0.39 is 0 Å². The van der Waals surface area contributed by atoms with Crippen molar-refractivity contribution in [1.82, 2.24) is 0 Å². The molecule has 0 aliphatic heterocycles. The first-order valence-electron chi connectivity index (χ1n) is 3.32. The molecule has 0 aromatic rings. The van der Waals surface area contributed by atoms with Crippen LogP contribution in [0.1, 0.15) is 20.3 Å². The monoisotopic (exact) mass is 122 g/mol. The van der Waals surface area contributed by atoms with Crippen LogP contribution in [0.5, 0.6) is 0 Å². The van der Waals surface area contributed by atoms with Crippen LogP contribution < -0.4 is 0 Å². The molecule has 1 nitrogen and oxygen atoms in total. The van der Waals surface area contributed by atoms with Gasteiger partial charge in [0.2, 0.25) is 0 Å². The minimum Gasteiger partial charge on any atom is -0.294 e. The van der Waals surface area contributed by atoms with E-state index in [2.05, 4.69) is 19.9 Å². The largest absolute Gasteiger partial charge is 0.294 e. The van der Waals surface area contributed by atoms with E-state index in [-0.39, 0.29) is 10.8 Å². The number of carbonyl (C=O) groups excluding carboxylic acids is 1. The van der Waals surface area contributed by atoms with Crippen molar-refractivity contribution in [1.29, 1.82) is 0 Å². The topological polar surface area (TPSA) is 17.1 Å². The van der Waals surface area contributed by atoms with Crippen LogP contribution in [0.25, 0.3) is 0 Å². The van der Waals surface area contributed by atoms with Crippen molar-refractivity contribution in [2.24, 2.45) is 10.8 Å². The van der Waals surface area contributed by atoms with Gasteiger partial charge >= 0.3 is 0 Å². The molecule has 2 atom stereocenters. The van der Waals surface area contributed by atoms with Crippen molar-refractivity contribution in [3.8, 4) is 0 Å². The molecule has 1 heteroatoms. The van der Waals surface area contributed by atoms with E-state index in [1.165, 1.54) is 0 Å². The summed E-state index contributed by atoms with van der Waals surface area (Å²) in [5, 5.41) is 0. The van der Waals surface area contributed by atoms with Crippen LogP contribution >= 0.6 is 0 Å². The van der Waals surface area contributed by atoms with Crippen molar-refractivity contribution in [3.05, 3.63) is 12.2 Å². The zero-order valence-corrected chi connectivity index (χ0v) is 5.77. The van der Waals surface area contributed by atoms with Crippen molar-refractivity contribution in [2.75, 3.05) is 0 Å². The maximum Gasteiger partial charge on any atom is 0.162 e. The number of fused-ring (bicyclic) bond motifs is 1. The van der Waals surface area contributed by atoms with E-state index in [1.54, 1.807) is 6.08 Å². The summed E-state index contributed by atoms with van der Waals surface area (Å²) < 4.78 is 0. The highest BCUT2D eigenvalue weighted by Gasteiger charge is 2.66. The fourth-order valence-corrected chi connectivity index (χ4v) is 1.75. The first-order chi connectivity index (χ1) is 4.08. The van der Waals surface area contributed by atoms with Crippen LogP contribution in [0.3, 0.4) is 0 Å². The molecular weight excluding hydrogens is 112 g/mol. The molecule has 0 amide bonds. The van der Waals surface area contributed by atoms with E-state index in [0.717, 1.165) is 6.42 Å². The van der Waals surface area contributed by atoms with E-state index in [9.17, 15) is 4.79 Å². The predicted octanol–water partition coefficient (Wildman–Crippen LogP) is 1.54. The number of rotatable bonds is 0. The lowest BCUT2D eigenvalue weighted by molar-refractivity contribution is -0.118. The van der Waals surface area contributed by atoms with Gasteiger partial charge in [0, 0.05) is 5.41 Å². The van der Waals surface area contributed by atoms with Gasteiger partial charge in [-0.1, -0.05) is 19.9 Å². The highest BCUT2D eigenvalue weighted by molar-refractivity contribution is 6.01. The van der Waals surface area contributed by atoms with E-state index in [1.807, 2.05) is 0 Å². The maximum absolute atomic E-state index is 11.1. The van der Waals surface area contributed by atoms with Gasteiger partial charge in [-0.25, -0.2) is 0 Å². The zero-order valence-electron chi connectivity index (χ0n) is 5.77. The average molecular weight is 122 g/mol. The molecule has 0 N–H and O–H groups in total. The molecule has 0 spiro atoms. The van der Waals surface area contributed by atoms with E-state index in [0.29, 0.717) is 5.78 Å². The number of allylic oxidation sites excluding steroid dienone is 2. The first-order valence-corrected chi connectivity index (χ1v) is 3.32. The molecule has 1 saturated carbocycles. The Hall–Kier alpha value is -0.590. The number of ketones is 1. The van der Waals surface area contributed by atoms with E-state index in [4.69, 9.17) is 0 Å². The number of carbonyl (C=O) groups is 1. The lowest BCUT2D eigenvalue weighted by Gasteiger charge is -2.02. The second kappa shape index (κ2) is 1.00. The smallest absolute Gasteiger partial charge is 0.162 e. The lowest BCUT2D eigenvalue weighted by Crippen LogP contribution is -2.09. The Kier molecular flexibility index (Phi) is 0.582. The van der Waals surface area contributed by atoms with Gasteiger partial charge in [0.25, 0.3) is 0 Å². The molecule has 0 heterocycles. The summed E-state index contributed by atoms with van der Waals surface area (Å²) in [4.78, 5) is 11.1. The standard InChI is InChI=1S/C8H10O/c1-7-4-3-6(9)8(7,2)5-7/h3-4H,5H2,1-2H3. The molecule has 2 aliphatic rings. The lowest BCUT2D eigenvalue weighted by atomic mass is 9.99. The van der Waals surface area contributed by atoms with E-state index >= 15 is 0 Å². The Morgan fingerprint density at radius 2 is 2.22 bits per heavy atom. The summed E-state index contributed by atoms with van der Waals surface area (Å²) in [5.41, 5.74) is 0.247. The summed E-state index contributed by atoms with van der Waals surface area (Å²) in [6, 6.07) is 0. The Morgan fingerprint density at radius 1 is 1.56 bits per heavy atom. The van der Waals surface area contributed by atoms with Crippen molar-refractivity contribution < 1.29 is 4.79 Å².